The molecular formula is C19H24ClNO3. The van der Waals surface area contributed by atoms with Crippen LogP contribution in [-0.4, -0.2) is 47.5 Å². The first kappa shape index (κ1) is 18.9. The molecule has 0 saturated heterocycles. The molecule has 2 rings (SSSR count). The maximum Gasteiger partial charge on any atom is 0.0900 e. The first-order chi connectivity index (χ1) is 11.7. The van der Waals surface area contributed by atoms with Gasteiger partial charge in [-0.2, -0.15) is 0 Å². The standard InChI is InChI=1S/C19H24ClNO3/c20-18-8-6-17(7-9-18)14-24-15-19(23)13-21(10-11-22)12-16-4-2-1-3-5-16/h1-9,19,22-23H,10-15H2/t19-/m1/s1. The van der Waals surface area contributed by atoms with Crippen LogP contribution in [0.1, 0.15) is 11.1 Å². The minimum Gasteiger partial charge on any atom is -0.395 e. The molecule has 0 unspecified atom stereocenters. The van der Waals surface area contributed by atoms with E-state index in [1.807, 2.05) is 59.5 Å². The van der Waals surface area contributed by atoms with Crippen LogP contribution in [0.25, 0.3) is 0 Å². The van der Waals surface area contributed by atoms with Gasteiger partial charge in [0, 0.05) is 24.7 Å². The van der Waals surface area contributed by atoms with Gasteiger partial charge in [-0.15, -0.1) is 0 Å². The van der Waals surface area contributed by atoms with Crippen LogP contribution in [0.4, 0.5) is 0 Å². The Labute approximate surface area is 148 Å². The molecule has 0 aliphatic heterocycles. The van der Waals surface area contributed by atoms with Crippen LogP contribution in [0.3, 0.4) is 0 Å². The maximum atomic E-state index is 10.2. The molecule has 4 nitrogen and oxygen atoms in total. The molecule has 2 aromatic carbocycles. The number of hydrogen-bond donors (Lipinski definition) is 2. The van der Waals surface area contributed by atoms with Crippen molar-refractivity contribution in [2.75, 3.05) is 26.3 Å². The first-order valence-electron chi connectivity index (χ1n) is 8.05. The van der Waals surface area contributed by atoms with Crippen molar-refractivity contribution in [1.29, 1.82) is 0 Å². The highest BCUT2D eigenvalue weighted by atomic mass is 35.5. The molecule has 0 amide bonds. The average molecular weight is 350 g/mol. The highest BCUT2D eigenvalue weighted by Crippen LogP contribution is 2.10. The summed E-state index contributed by atoms with van der Waals surface area (Å²) in [5, 5.41) is 20.1. The number of benzene rings is 2. The molecule has 0 aliphatic rings. The van der Waals surface area contributed by atoms with E-state index in [-0.39, 0.29) is 13.2 Å². The Hall–Kier alpha value is -1.43. The van der Waals surface area contributed by atoms with Crippen molar-refractivity contribution >= 4 is 11.6 Å². The Morgan fingerprint density at radius 2 is 1.71 bits per heavy atom. The molecule has 130 valence electrons. The Balaban J connectivity index is 1.75. The molecule has 0 bridgehead atoms. The van der Waals surface area contributed by atoms with E-state index >= 15 is 0 Å². The lowest BCUT2D eigenvalue weighted by Gasteiger charge is -2.24. The van der Waals surface area contributed by atoms with E-state index < -0.39 is 6.10 Å². The molecular weight excluding hydrogens is 326 g/mol. The molecule has 2 N–H and O–H groups in total. The summed E-state index contributed by atoms with van der Waals surface area (Å²) < 4.78 is 5.57. The predicted molar refractivity (Wildman–Crippen MR) is 95.9 cm³/mol. The van der Waals surface area contributed by atoms with Gasteiger partial charge < -0.3 is 14.9 Å². The third kappa shape index (κ3) is 6.99. The van der Waals surface area contributed by atoms with E-state index in [9.17, 15) is 10.2 Å². The monoisotopic (exact) mass is 349 g/mol. The number of hydrogen-bond acceptors (Lipinski definition) is 4. The molecule has 0 aromatic heterocycles. The van der Waals surface area contributed by atoms with Gasteiger partial charge in [0.05, 0.1) is 25.9 Å². The van der Waals surface area contributed by atoms with Crippen molar-refractivity contribution in [3.63, 3.8) is 0 Å². The lowest BCUT2D eigenvalue weighted by Crippen LogP contribution is -2.36. The zero-order chi connectivity index (χ0) is 17.2. The number of aliphatic hydroxyl groups excluding tert-OH is 2. The van der Waals surface area contributed by atoms with Gasteiger partial charge in [0.2, 0.25) is 0 Å². The number of nitrogens with zero attached hydrogens (tertiary/aromatic N) is 1. The second-order valence-corrected chi connectivity index (χ2v) is 6.18. The van der Waals surface area contributed by atoms with Crippen LogP contribution in [-0.2, 0) is 17.9 Å². The smallest absolute Gasteiger partial charge is 0.0900 e. The van der Waals surface area contributed by atoms with Gasteiger partial charge in [0.25, 0.3) is 0 Å². The highest BCUT2D eigenvalue weighted by molar-refractivity contribution is 6.30. The molecule has 1 atom stereocenters. The van der Waals surface area contributed by atoms with Crippen molar-refractivity contribution in [2.24, 2.45) is 0 Å². The summed E-state index contributed by atoms with van der Waals surface area (Å²) in [4.78, 5) is 2.02. The van der Waals surface area contributed by atoms with Crippen LogP contribution < -0.4 is 0 Å². The van der Waals surface area contributed by atoms with Gasteiger partial charge in [-0.25, -0.2) is 0 Å². The summed E-state index contributed by atoms with van der Waals surface area (Å²) in [6, 6.07) is 17.5. The van der Waals surface area contributed by atoms with Crippen molar-refractivity contribution in [2.45, 2.75) is 19.3 Å². The minimum atomic E-state index is -0.604. The third-order valence-electron chi connectivity index (χ3n) is 3.63. The number of rotatable bonds is 10. The van der Waals surface area contributed by atoms with E-state index in [0.717, 1.165) is 11.1 Å². The number of ether oxygens (including phenoxy) is 1. The van der Waals surface area contributed by atoms with Crippen molar-refractivity contribution in [1.82, 2.24) is 4.90 Å². The summed E-state index contributed by atoms with van der Waals surface area (Å²) in [7, 11) is 0. The largest absolute Gasteiger partial charge is 0.395 e. The molecule has 0 fully saturated rings. The second kappa shape index (κ2) is 10.4. The summed E-state index contributed by atoms with van der Waals surface area (Å²) >= 11 is 5.84. The molecule has 0 radical (unpaired) electrons. The average Bonchev–Trinajstić information content (AvgIpc) is 2.58. The van der Waals surface area contributed by atoms with Crippen LogP contribution in [0, 0.1) is 0 Å². The van der Waals surface area contributed by atoms with Crippen LogP contribution in [0.15, 0.2) is 54.6 Å². The van der Waals surface area contributed by atoms with Gasteiger partial charge in [-0.1, -0.05) is 54.1 Å². The summed E-state index contributed by atoms with van der Waals surface area (Å²) in [6.07, 6.45) is -0.604. The highest BCUT2D eigenvalue weighted by Gasteiger charge is 2.12. The summed E-state index contributed by atoms with van der Waals surface area (Å²) in [6.45, 7) is 2.41. The molecule has 2 aromatic rings. The molecule has 24 heavy (non-hydrogen) atoms. The van der Waals surface area contributed by atoms with Gasteiger partial charge in [0.1, 0.15) is 0 Å². The maximum absolute atomic E-state index is 10.2. The van der Waals surface area contributed by atoms with E-state index in [2.05, 4.69) is 0 Å². The number of aliphatic hydroxyl groups is 2. The lowest BCUT2D eigenvalue weighted by atomic mass is 10.2. The number of halogens is 1. The van der Waals surface area contributed by atoms with Gasteiger partial charge >= 0.3 is 0 Å². The van der Waals surface area contributed by atoms with Gasteiger partial charge in [0.15, 0.2) is 0 Å². The third-order valence-corrected chi connectivity index (χ3v) is 3.88. The fourth-order valence-electron chi connectivity index (χ4n) is 2.46. The first-order valence-corrected chi connectivity index (χ1v) is 8.42. The van der Waals surface area contributed by atoms with E-state index in [0.29, 0.717) is 31.3 Å². The zero-order valence-electron chi connectivity index (χ0n) is 13.6. The van der Waals surface area contributed by atoms with E-state index in [1.54, 1.807) is 0 Å². The second-order valence-electron chi connectivity index (χ2n) is 5.74. The van der Waals surface area contributed by atoms with Gasteiger partial charge in [-0.3, -0.25) is 4.90 Å². The van der Waals surface area contributed by atoms with Crippen LogP contribution in [0.2, 0.25) is 5.02 Å². The SMILES string of the molecule is OCCN(Cc1ccccc1)C[C@@H](O)COCc1ccc(Cl)cc1. The van der Waals surface area contributed by atoms with Gasteiger partial charge in [-0.05, 0) is 23.3 Å². The van der Waals surface area contributed by atoms with Crippen LogP contribution >= 0.6 is 11.6 Å². The molecule has 0 saturated carbocycles. The Morgan fingerprint density at radius 1 is 1.00 bits per heavy atom. The predicted octanol–water partition coefficient (Wildman–Crippen LogP) is 2.71. The van der Waals surface area contributed by atoms with E-state index in [1.165, 1.54) is 0 Å². The van der Waals surface area contributed by atoms with E-state index in [4.69, 9.17) is 16.3 Å². The summed E-state index contributed by atoms with van der Waals surface area (Å²) in [5.74, 6) is 0. The van der Waals surface area contributed by atoms with Crippen molar-refractivity contribution < 1.29 is 14.9 Å². The van der Waals surface area contributed by atoms with Crippen LogP contribution in [0.5, 0.6) is 0 Å². The molecule has 5 heteroatoms. The Kier molecular flexibility index (Phi) is 8.22. The Bertz CT molecular complexity index is 577. The normalized spacial score (nSPS) is 12.5. The molecule has 0 heterocycles. The minimum absolute atomic E-state index is 0.0607. The lowest BCUT2D eigenvalue weighted by molar-refractivity contribution is 0.00619. The molecule has 0 spiro atoms. The van der Waals surface area contributed by atoms with Crippen molar-refractivity contribution in [3.8, 4) is 0 Å². The summed E-state index contributed by atoms with van der Waals surface area (Å²) in [5.41, 5.74) is 2.17. The fourth-order valence-corrected chi connectivity index (χ4v) is 2.59. The topological polar surface area (TPSA) is 52.9 Å². The Morgan fingerprint density at radius 3 is 2.38 bits per heavy atom. The zero-order valence-corrected chi connectivity index (χ0v) is 14.4. The quantitative estimate of drug-likeness (QED) is 0.692. The fraction of sp³-hybridized carbons (Fsp3) is 0.368. The molecule has 0 aliphatic carbocycles. The van der Waals surface area contributed by atoms with Crippen molar-refractivity contribution in [3.05, 3.63) is 70.7 Å².